The molecule has 0 unspecified atom stereocenters. The first-order valence-electron chi connectivity index (χ1n) is 16.9. The summed E-state index contributed by atoms with van der Waals surface area (Å²) in [5, 5.41) is 7.56. The van der Waals surface area contributed by atoms with Crippen LogP contribution in [0.4, 0.5) is 0 Å². The van der Waals surface area contributed by atoms with Gasteiger partial charge in [-0.25, -0.2) is 0 Å². The molecule has 0 saturated carbocycles. The summed E-state index contributed by atoms with van der Waals surface area (Å²) >= 11 is 0. The van der Waals surface area contributed by atoms with Crippen molar-refractivity contribution in [1.29, 1.82) is 0 Å². The van der Waals surface area contributed by atoms with Crippen molar-refractivity contribution in [2.24, 2.45) is 0 Å². The average molecular weight is 624 g/mol. The molecule has 1 heterocycles. The SMILES string of the molecule is Cc1ccc(-c2cccc3c(-c4c5ccccc5c(-c5ccc(-c6ccc(-c7ccccc7)nc6)cc5)c5ccccc45)cccc23)cc1. The van der Waals surface area contributed by atoms with E-state index in [0.29, 0.717) is 0 Å². The minimum Gasteiger partial charge on any atom is -0.256 e. The molecular formula is C48H33N. The summed E-state index contributed by atoms with van der Waals surface area (Å²) in [6.07, 6.45) is 1.98. The molecule has 49 heavy (non-hydrogen) atoms. The van der Waals surface area contributed by atoms with Gasteiger partial charge in [0.05, 0.1) is 5.69 Å². The van der Waals surface area contributed by atoms with Crippen LogP contribution in [0.2, 0.25) is 0 Å². The maximum absolute atomic E-state index is 4.77. The van der Waals surface area contributed by atoms with Gasteiger partial charge in [0, 0.05) is 17.3 Å². The first-order chi connectivity index (χ1) is 24.2. The van der Waals surface area contributed by atoms with Crippen molar-refractivity contribution in [3.63, 3.8) is 0 Å². The van der Waals surface area contributed by atoms with Gasteiger partial charge in [-0.1, -0.05) is 175 Å². The third-order valence-corrected chi connectivity index (χ3v) is 9.83. The van der Waals surface area contributed by atoms with Gasteiger partial charge in [-0.3, -0.25) is 4.98 Å². The molecule has 0 N–H and O–H groups in total. The van der Waals surface area contributed by atoms with Crippen LogP contribution in [0, 0.1) is 6.92 Å². The Morgan fingerprint density at radius 1 is 0.306 bits per heavy atom. The van der Waals surface area contributed by atoms with Crippen LogP contribution in [0.25, 0.3) is 88.1 Å². The Morgan fingerprint density at radius 3 is 1.41 bits per heavy atom. The normalized spacial score (nSPS) is 11.4. The summed E-state index contributed by atoms with van der Waals surface area (Å²) in [7, 11) is 0. The zero-order valence-corrected chi connectivity index (χ0v) is 27.3. The predicted octanol–water partition coefficient (Wildman–Crippen LogP) is 13.2. The van der Waals surface area contributed by atoms with Gasteiger partial charge in [-0.2, -0.15) is 0 Å². The van der Waals surface area contributed by atoms with E-state index in [4.69, 9.17) is 4.98 Å². The second-order valence-corrected chi connectivity index (χ2v) is 12.8. The summed E-state index contributed by atoms with van der Waals surface area (Å²) in [5.41, 5.74) is 13.1. The highest BCUT2D eigenvalue weighted by Crippen LogP contribution is 2.46. The number of hydrogen-bond donors (Lipinski definition) is 0. The number of aryl methyl sites for hydroxylation is 1. The van der Waals surface area contributed by atoms with Crippen LogP contribution in [0.3, 0.4) is 0 Å². The quantitative estimate of drug-likeness (QED) is 0.174. The zero-order chi connectivity index (χ0) is 32.7. The Kier molecular flexibility index (Phi) is 7.10. The third-order valence-electron chi connectivity index (χ3n) is 9.83. The van der Waals surface area contributed by atoms with Gasteiger partial charge in [0.15, 0.2) is 0 Å². The number of pyridine rings is 1. The molecule has 0 radical (unpaired) electrons. The van der Waals surface area contributed by atoms with E-state index in [1.807, 2.05) is 24.4 Å². The lowest BCUT2D eigenvalue weighted by atomic mass is 9.84. The molecule has 230 valence electrons. The van der Waals surface area contributed by atoms with Gasteiger partial charge in [0.2, 0.25) is 0 Å². The molecule has 9 rings (SSSR count). The van der Waals surface area contributed by atoms with E-state index < -0.39 is 0 Å². The second-order valence-electron chi connectivity index (χ2n) is 12.8. The fraction of sp³-hybridized carbons (Fsp3) is 0.0208. The van der Waals surface area contributed by atoms with Crippen molar-refractivity contribution in [2.75, 3.05) is 0 Å². The topological polar surface area (TPSA) is 12.9 Å². The van der Waals surface area contributed by atoms with E-state index in [-0.39, 0.29) is 0 Å². The lowest BCUT2D eigenvalue weighted by molar-refractivity contribution is 1.32. The molecule has 0 bridgehead atoms. The standard InChI is InChI=1S/C48H33N/c1-32-21-23-34(24-22-32)38-17-9-19-40-39(38)18-10-20-41(40)48-44-15-7-5-13-42(44)47(43-14-6-8-16-45(43)48)36-27-25-33(26-28-36)37-29-30-46(49-31-37)35-11-3-2-4-12-35/h2-31H,1H3. The lowest BCUT2D eigenvalue weighted by Crippen LogP contribution is -1.92. The fourth-order valence-corrected chi connectivity index (χ4v) is 7.42. The Balaban J connectivity index is 1.20. The number of nitrogens with zero attached hydrogens (tertiary/aromatic N) is 1. The van der Waals surface area contributed by atoms with Crippen molar-refractivity contribution in [2.45, 2.75) is 6.92 Å². The molecule has 0 atom stereocenters. The van der Waals surface area contributed by atoms with Crippen LogP contribution in [0.15, 0.2) is 182 Å². The molecule has 0 fully saturated rings. The molecule has 1 aromatic heterocycles. The van der Waals surface area contributed by atoms with E-state index in [1.54, 1.807) is 0 Å². The van der Waals surface area contributed by atoms with Crippen LogP contribution >= 0.6 is 0 Å². The predicted molar refractivity (Wildman–Crippen MR) is 209 cm³/mol. The third kappa shape index (κ3) is 5.08. The van der Waals surface area contributed by atoms with Crippen LogP contribution in [-0.4, -0.2) is 4.98 Å². The molecule has 8 aromatic carbocycles. The summed E-state index contributed by atoms with van der Waals surface area (Å²) in [5.74, 6) is 0. The number of fused-ring (bicyclic) bond motifs is 3. The molecule has 9 aromatic rings. The van der Waals surface area contributed by atoms with E-state index >= 15 is 0 Å². The van der Waals surface area contributed by atoms with E-state index in [0.717, 1.165) is 22.4 Å². The molecule has 0 amide bonds. The van der Waals surface area contributed by atoms with Gasteiger partial charge in [0.25, 0.3) is 0 Å². The maximum atomic E-state index is 4.77. The fourth-order valence-electron chi connectivity index (χ4n) is 7.42. The molecule has 0 saturated heterocycles. The molecule has 0 spiro atoms. The molecule has 1 heteroatoms. The molecular weight excluding hydrogens is 591 g/mol. The largest absolute Gasteiger partial charge is 0.256 e. The van der Waals surface area contributed by atoms with Crippen molar-refractivity contribution >= 4 is 32.3 Å². The van der Waals surface area contributed by atoms with E-state index in [1.165, 1.54) is 71.3 Å². The van der Waals surface area contributed by atoms with Gasteiger partial charge in [-0.15, -0.1) is 0 Å². The second kappa shape index (κ2) is 12.0. The van der Waals surface area contributed by atoms with Crippen LogP contribution in [-0.2, 0) is 0 Å². The highest BCUT2D eigenvalue weighted by molar-refractivity contribution is 6.24. The summed E-state index contributed by atoms with van der Waals surface area (Å²) < 4.78 is 0. The molecule has 0 aliphatic heterocycles. The Bertz CT molecular complexity index is 2560. The maximum Gasteiger partial charge on any atom is 0.0702 e. The average Bonchev–Trinajstić information content (AvgIpc) is 3.17. The van der Waals surface area contributed by atoms with Crippen LogP contribution in [0.1, 0.15) is 5.56 Å². The molecule has 0 aliphatic rings. The molecule has 0 aliphatic carbocycles. The summed E-state index contributed by atoms with van der Waals surface area (Å²) in [4.78, 5) is 4.77. The van der Waals surface area contributed by atoms with Crippen molar-refractivity contribution in [3.8, 4) is 55.8 Å². The number of hydrogen-bond acceptors (Lipinski definition) is 1. The van der Waals surface area contributed by atoms with E-state index in [9.17, 15) is 0 Å². The summed E-state index contributed by atoms with van der Waals surface area (Å²) in [6.45, 7) is 2.14. The van der Waals surface area contributed by atoms with Crippen molar-refractivity contribution in [1.82, 2.24) is 4.98 Å². The first-order valence-corrected chi connectivity index (χ1v) is 16.9. The monoisotopic (exact) mass is 623 g/mol. The smallest absolute Gasteiger partial charge is 0.0702 e. The van der Waals surface area contributed by atoms with Crippen molar-refractivity contribution < 1.29 is 0 Å². The van der Waals surface area contributed by atoms with Crippen LogP contribution in [0.5, 0.6) is 0 Å². The van der Waals surface area contributed by atoms with Gasteiger partial charge in [0.1, 0.15) is 0 Å². The van der Waals surface area contributed by atoms with E-state index in [2.05, 4.69) is 165 Å². The number of benzene rings is 8. The minimum atomic E-state index is 0.983. The lowest BCUT2D eigenvalue weighted by Gasteiger charge is -2.19. The van der Waals surface area contributed by atoms with Crippen molar-refractivity contribution in [3.05, 3.63) is 188 Å². The Hall–Kier alpha value is -6.31. The van der Waals surface area contributed by atoms with Crippen LogP contribution < -0.4 is 0 Å². The first kappa shape index (κ1) is 28.9. The number of aromatic nitrogens is 1. The van der Waals surface area contributed by atoms with Gasteiger partial charge in [-0.05, 0) is 84.3 Å². The van der Waals surface area contributed by atoms with Gasteiger partial charge >= 0.3 is 0 Å². The molecule has 1 nitrogen and oxygen atoms in total. The Labute approximate surface area is 286 Å². The summed E-state index contributed by atoms with van der Waals surface area (Å²) in [6, 6.07) is 63.7. The zero-order valence-electron chi connectivity index (χ0n) is 27.3. The highest BCUT2D eigenvalue weighted by Gasteiger charge is 2.18. The Morgan fingerprint density at radius 2 is 0.796 bits per heavy atom. The highest BCUT2D eigenvalue weighted by atomic mass is 14.7. The van der Waals surface area contributed by atoms with Gasteiger partial charge < -0.3 is 0 Å². The minimum absolute atomic E-state index is 0.983. The number of rotatable bonds is 5.